The van der Waals surface area contributed by atoms with Gasteiger partial charge in [-0.15, -0.1) is 0 Å². The minimum absolute atomic E-state index is 0.215. The Labute approximate surface area is 107 Å². The second-order valence-electron chi connectivity index (χ2n) is 4.34. The molecule has 6 nitrogen and oxygen atoms in total. The fourth-order valence-electron chi connectivity index (χ4n) is 2.24. The number of carbonyl (C=O) groups excluding carboxylic acids is 1. The Morgan fingerprint density at radius 1 is 1.56 bits per heavy atom. The maximum atomic E-state index is 12.0. The zero-order chi connectivity index (χ0) is 13.0. The van der Waals surface area contributed by atoms with E-state index in [1.54, 1.807) is 6.20 Å². The monoisotopic (exact) mass is 252 g/mol. The SMILES string of the molecule is CCn1cc(C(C(=O)OC)N2CCNCC2)cn1. The second kappa shape index (κ2) is 5.97. The van der Waals surface area contributed by atoms with Gasteiger partial charge in [-0.05, 0) is 6.92 Å². The van der Waals surface area contributed by atoms with Crippen molar-refractivity contribution in [2.75, 3.05) is 33.3 Å². The summed E-state index contributed by atoms with van der Waals surface area (Å²) in [5.74, 6) is -0.215. The summed E-state index contributed by atoms with van der Waals surface area (Å²) in [7, 11) is 1.43. The predicted octanol–water partition coefficient (Wildman–Crippen LogP) is 0.0223. The highest BCUT2D eigenvalue weighted by atomic mass is 16.5. The van der Waals surface area contributed by atoms with Crippen LogP contribution in [0.15, 0.2) is 12.4 Å². The van der Waals surface area contributed by atoms with Crippen molar-refractivity contribution in [3.05, 3.63) is 18.0 Å². The molecule has 1 atom stereocenters. The Bertz CT molecular complexity index is 399. The summed E-state index contributed by atoms with van der Waals surface area (Å²) in [5.41, 5.74) is 0.908. The molecule has 2 heterocycles. The summed E-state index contributed by atoms with van der Waals surface area (Å²) in [6.07, 6.45) is 3.68. The Hall–Kier alpha value is -1.40. The topological polar surface area (TPSA) is 59.4 Å². The first kappa shape index (κ1) is 13.0. The van der Waals surface area contributed by atoms with E-state index in [1.807, 2.05) is 17.8 Å². The van der Waals surface area contributed by atoms with E-state index in [0.717, 1.165) is 38.3 Å². The number of aryl methyl sites for hydroxylation is 1. The van der Waals surface area contributed by atoms with Crippen LogP contribution in [-0.2, 0) is 16.1 Å². The van der Waals surface area contributed by atoms with Gasteiger partial charge < -0.3 is 10.1 Å². The van der Waals surface area contributed by atoms with Crippen LogP contribution in [0.25, 0.3) is 0 Å². The van der Waals surface area contributed by atoms with Gasteiger partial charge in [0, 0.05) is 44.5 Å². The number of nitrogens with zero attached hydrogens (tertiary/aromatic N) is 3. The molecule has 1 aromatic rings. The van der Waals surface area contributed by atoms with E-state index >= 15 is 0 Å². The molecule has 1 unspecified atom stereocenters. The van der Waals surface area contributed by atoms with Gasteiger partial charge in [0.05, 0.1) is 13.3 Å². The van der Waals surface area contributed by atoms with E-state index in [2.05, 4.69) is 15.3 Å². The maximum Gasteiger partial charge on any atom is 0.327 e. The quantitative estimate of drug-likeness (QED) is 0.766. The summed E-state index contributed by atoms with van der Waals surface area (Å²) in [6.45, 7) is 6.31. The molecule has 0 amide bonds. The van der Waals surface area contributed by atoms with Gasteiger partial charge in [0.15, 0.2) is 0 Å². The minimum Gasteiger partial charge on any atom is -0.468 e. The van der Waals surface area contributed by atoms with Crippen LogP contribution in [0.3, 0.4) is 0 Å². The van der Waals surface area contributed by atoms with Crippen molar-refractivity contribution in [2.45, 2.75) is 19.5 Å². The number of nitrogens with one attached hydrogen (secondary N) is 1. The molecule has 1 N–H and O–H groups in total. The van der Waals surface area contributed by atoms with Crippen molar-refractivity contribution in [3.8, 4) is 0 Å². The van der Waals surface area contributed by atoms with Crippen molar-refractivity contribution in [1.29, 1.82) is 0 Å². The van der Waals surface area contributed by atoms with Gasteiger partial charge in [-0.2, -0.15) is 5.10 Å². The fourth-order valence-corrected chi connectivity index (χ4v) is 2.24. The standard InChI is InChI=1S/C12H20N4O2/c1-3-16-9-10(8-14-16)11(12(17)18-2)15-6-4-13-5-7-15/h8-9,11,13H,3-7H2,1-2H3. The average Bonchev–Trinajstić information content (AvgIpc) is 2.88. The fraction of sp³-hybridized carbons (Fsp3) is 0.667. The smallest absolute Gasteiger partial charge is 0.327 e. The predicted molar refractivity (Wildman–Crippen MR) is 67.1 cm³/mol. The van der Waals surface area contributed by atoms with E-state index in [4.69, 9.17) is 4.74 Å². The number of methoxy groups -OCH3 is 1. The molecule has 0 radical (unpaired) electrons. The third kappa shape index (κ3) is 2.70. The van der Waals surface area contributed by atoms with E-state index in [1.165, 1.54) is 7.11 Å². The number of hydrogen-bond acceptors (Lipinski definition) is 5. The lowest BCUT2D eigenvalue weighted by molar-refractivity contribution is -0.147. The maximum absolute atomic E-state index is 12.0. The Kier molecular flexibility index (Phi) is 4.33. The van der Waals surface area contributed by atoms with Crippen LogP contribution in [0.5, 0.6) is 0 Å². The number of rotatable bonds is 4. The second-order valence-corrected chi connectivity index (χ2v) is 4.34. The van der Waals surface area contributed by atoms with Gasteiger partial charge in [0.1, 0.15) is 6.04 Å². The number of piperazine rings is 1. The van der Waals surface area contributed by atoms with Crippen molar-refractivity contribution >= 4 is 5.97 Å². The zero-order valence-corrected chi connectivity index (χ0v) is 10.9. The van der Waals surface area contributed by atoms with Crippen molar-refractivity contribution < 1.29 is 9.53 Å². The summed E-state index contributed by atoms with van der Waals surface area (Å²) < 4.78 is 6.75. The average molecular weight is 252 g/mol. The van der Waals surface area contributed by atoms with Crippen LogP contribution in [0.2, 0.25) is 0 Å². The van der Waals surface area contributed by atoms with Crippen LogP contribution in [0.1, 0.15) is 18.5 Å². The largest absolute Gasteiger partial charge is 0.468 e. The molecular formula is C12H20N4O2. The van der Waals surface area contributed by atoms with Crippen LogP contribution in [0, 0.1) is 0 Å². The van der Waals surface area contributed by atoms with Crippen molar-refractivity contribution in [1.82, 2.24) is 20.0 Å². The molecule has 0 saturated carbocycles. The molecular weight excluding hydrogens is 232 g/mol. The third-order valence-corrected chi connectivity index (χ3v) is 3.23. The zero-order valence-electron chi connectivity index (χ0n) is 10.9. The molecule has 2 rings (SSSR count). The van der Waals surface area contributed by atoms with Crippen LogP contribution in [-0.4, -0.2) is 53.9 Å². The van der Waals surface area contributed by atoms with Gasteiger partial charge in [-0.1, -0.05) is 0 Å². The molecule has 0 aromatic carbocycles. The summed E-state index contributed by atoms with van der Waals surface area (Å²) in [6, 6.07) is -0.336. The lowest BCUT2D eigenvalue weighted by Gasteiger charge is -2.32. The molecule has 1 aliphatic heterocycles. The first-order chi connectivity index (χ1) is 8.76. The van der Waals surface area contributed by atoms with Gasteiger partial charge in [-0.3, -0.25) is 9.58 Å². The Morgan fingerprint density at radius 3 is 2.83 bits per heavy atom. The lowest BCUT2D eigenvalue weighted by atomic mass is 10.1. The van der Waals surface area contributed by atoms with E-state index < -0.39 is 0 Å². The van der Waals surface area contributed by atoms with Crippen LogP contribution < -0.4 is 5.32 Å². The normalized spacial score (nSPS) is 18.6. The number of esters is 1. The minimum atomic E-state index is -0.336. The molecule has 0 spiro atoms. The van der Waals surface area contributed by atoms with Gasteiger partial charge in [0.2, 0.25) is 0 Å². The van der Waals surface area contributed by atoms with Gasteiger partial charge in [-0.25, -0.2) is 4.79 Å². The molecule has 1 saturated heterocycles. The number of ether oxygens (including phenoxy) is 1. The highest BCUT2D eigenvalue weighted by molar-refractivity contribution is 5.77. The number of hydrogen-bond donors (Lipinski definition) is 1. The summed E-state index contributed by atoms with van der Waals surface area (Å²) >= 11 is 0. The molecule has 1 aliphatic rings. The molecule has 1 fully saturated rings. The van der Waals surface area contributed by atoms with Gasteiger partial charge in [0.25, 0.3) is 0 Å². The number of carbonyl (C=O) groups is 1. The molecule has 100 valence electrons. The van der Waals surface area contributed by atoms with E-state index in [0.29, 0.717) is 0 Å². The Morgan fingerprint density at radius 2 is 2.28 bits per heavy atom. The first-order valence-corrected chi connectivity index (χ1v) is 6.31. The number of aromatic nitrogens is 2. The molecule has 1 aromatic heterocycles. The van der Waals surface area contributed by atoms with E-state index in [9.17, 15) is 4.79 Å². The molecule has 0 aliphatic carbocycles. The summed E-state index contributed by atoms with van der Waals surface area (Å²) in [5, 5.41) is 7.51. The van der Waals surface area contributed by atoms with Crippen LogP contribution in [0.4, 0.5) is 0 Å². The van der Waals surface area contributed by atoms with Gasteiger partial charge >= 0.3 is 5.97 Å². The van der Waals surface area contributed by atoms with Crippen molar-refractivity contribution in [2.24, 2.45) is 0 Å². The highest BCUT2D eigenvalue weighted by Crippen LogP contribution is 2.22. The lowest BCUT2D eigenvalue weighted by Crippen LogP contribution is -2.47. The Balaban J connectivity index is 2.20. The molecule has 6 heteroatoms. The van der Waals surface area contributed by atoms with E-state index in [-0.39, 0.29) is 12.0 Å². The highest BCUT2D eigenvalue weighted by Gasteiger charge is 2.30. The first-order valence-electron chi connectivity index (χ1n) is 6.31. The summed E-state index contributed by atoms with van der Waals surface area (Å²) in [4.78, 5) is 14.1. The van der Waals surface area contributed by atoms with Crippen LogP contribution >= 0.6 is 0 Å². The molecule has 18 heavy (non-hydrogen) atoms. The van der Waals surface area contributed by atoms with Crippen molar-refractivity contribution in [3.63, 3.8) is 0 Å². The molecule has 0 bridgehead atoms. The third-order valence-electron chi connectivity index (χ3n) is 3.23.